The van der Waals surface area contributed by atoms with Crippen molar-refractivity contribution >= 4 is 0 Å². The van der Waals surface area contributed by atoms with Crippen molar-refractivity contribution in [3.63, 3.8) is 0 Å². The molecule has 4 heteroatoms. The summed E-state index contributed by atoms with van der Waals surface area (Å²) >= 11 is 0. The summed E-state index contributed by atoms with van der Waals surface area (Å²) in [5.74, 6) is 0.710. The number of nitrogens with zero attached hydrogens (tertiary/aromatic N) is 2. The Morgan fingerprint density at radius 3 is 2.78 bits per heavy atom. The number of aryl methyl sites for hydroxylation is 1. The molecule has 102 valence electrons. The van der Waals surface area contributed by atoms with E-state index in [0.29, 0.717) is 5.92 Å². The summed E-state index contributed by atoms with van der Waals surface area (Å²) in [5.41, 5.74) is 1.11. The van der Waals surface area contributed by atoms with Crippen LogP contribution in [0.3, 0.4) is 0 Å². The second-order valence-corrected chi connectivity index (χ2v) is 5.10. The van der Waals surface area contributed by atoms with Gasteiger partial charge in [-0.3, -0.25) is 4.68 Å². The zero-order valence-electron chi connectivity index (χ0n) is 11.7. The fraction of sp³-hybridized carbons (Fsp3) is 0.786. The predicted octanol–water partition coefficient (Wildman–Crippen LogP) is 2.28. The van der Waals surface area contributed by atoms with Crippen molar-refractivity contribution in [3.05, 3.63) is 18.0 Å². The third-order valence-corrected chi connectivity index (χ3v) is 3.44. The Kier molecular flexibility index (Phi) is 4.78. The van der Waals surface area contributed by atoms with Crippen molar-refractivity contribution in [1.29, 1.82) is 0 Å². The standard InChI is InChI=1S/C14H25N3O/c1-4-9-15-13(12-8-10-17(3)16-12)14(18-5-2)11-6-7-11/h8,10-11,13-15H,4-7,9H2,1-3H3. The van der Waals surface area contributed by atoms with E-state index in [4.69, 9.17) is 4.74 Å². The minimum Gasteiger partial charge on any atom is -0.376 e. The van der Waals surface area contributed by atoms with Crippen LogP contribution in [0.4, 0.5) is 0 Å². The molecule has 2 atom stereocenters. The van der Waals surface area contributed by atoms with Gasteiger partial charge in [0.05, 0.1) is 17.8 Å². The molecule has 2 unspecified atom stereocenters. The maximum absolute atomic E-state index is 5.98. The largest absolute Gasteiger partial charge is 0.376 e. The lowest BCUT2D eigenvalue weighted by Crippen LogP contribution is -2.36. The highest BCUT2D eigenvalue weighted by atomic mass is 16.5. The lowest BCUT2D eigenvalue weighted by molar-refractivity contribution is 0.0174. The SMILES string of the molecule is CCCNC(c1ccn(C)n1)C(OCC)C1CC1. The zero-order valence-corrected chi connectivity index (χ0v) is 11.7. The number of nitrogens with one attached hydrogen (secondary N) is 1. The normalized spacial score (nSPS) is 18.8. The summed E-state index contributed by atoms with van der Waals surface area (Å²) in [6.07, 6.45) is 6.00. The van der Waals surface area contributed by atoms with Gasteiger partial charge in [0.1, 0.15) is 0 Å². The first kappa shape index (κ1) is 13.6. The van der Waals surface area contributed by atoms with Crippen molar-refractivity contribution in [2.24, 2.45) is 13.0 Å². The van der Waals surface area contributed by atoms with Crippen LogP contribution in [0.25, 0.3) is 0 Å². The molecule has 1 heterocycles. The third-order valence-electron chi connectivity index (χ3n) is 3.44. The molecule has 1 aliphatic carbocycles. The highest BCUT2D eigenvalue weighted by molar-refractivity contribution is 5.10. The van der Waals surface area contributed by atoms with E-state index in [1.807, 2.05) is 17.9 Å². The van der Waals surface area contributed by atoms with Gasteiger partial charge in [-0.25, -0.2) is 0 Å². The molecular formula is C14H25N3O. The van der Waals surface area contributed by atoms with Crippen LogP contribution in [0.5, 0.6) is 0 Å². The maximum atomic E-state index is 5.98. The molecule has 2 rings (SSSR count). The van der Waals surface area contributed by atoms with Crippen LogP contribution in [0.1, 0.15) is 44.8 Å². The van der Waals surface area contributed by atoms with E-state index in [0.717, 1.165) is 25.3 Å². The van der Waals surface area contributed by atoms with Gasteiger partial charge in [-0.15, -0.1) is 0 Å². The number of hydrogen-bond acceptors (Lipinski definition) is 3. The molecule has 1 aromatic rings. The van der Waals surface area contributed by atoms with Gasteiger partial charge in [-0.1, -0.05) is 6.92 Å². The molecule has 0 bridgehead atoms. The van der Waals surface area contributed by atoms with Gasteiger partial charge in [0.15, 0.2) is 0 Å². The summed E-state index contributed by atoms with van der Waals surface area (Å²) in [4.78, 5) is 0. The molecule has 0 saturated heterocycles. The Balaban J connectivity index is 2.11. The van der Waals surface area contributed by atoms with Gasteiger partial charge in [0, 0.05) is 19.9 Å². The van der Waals surface area contributed by atoms with Crippen LogP contribution >= 0.6 is 0 Å². The van der Waals surface area contributed by atoms with Gasteiger partial charge in [-0.05, 0) is 44.7 Å². The van der Waals surface area contributed by atoms with Crippen LogP contribution < -0.4 is 5.32 Å². The quantitative estimate of drug-likeness (QED) is 0.770. The molecule has 0 radical (unpaired) electrons. The Bertz CT molecular complexity index is 360. The number of hydrogen-bond donors (Lipinski definition) is 1. The average molecular weight is 251 g/mol. The summed E-state index contributed by atoms with van der Waals surface area (Å²) in [7, 11) is 1.97. The Morgan fingerprint density at radius 2 is 2.28 bits per heavy atom. The summed E-state index contributed by atoms with van der Waals surface area (Å²) in [6.45, 7) is 6.05. The van der Waals surface area contributed by atoms with Crippen molar-refractivity contribution in [2.75, 3.05) is 13.2 Å². The fourth-order valence-corrected chi connectivity index (χ4v) is 2.41. The van der Waals surface area contributed by atoms with Crippen LogP contribution in [0.15, 0.2) is 12.3 Å². The summed E-state index contributed by atoms with van der Waals surface area (Å²) in [5, 5.41) is 8.16. The number of rotatable bonds is 8. The van der Waals surface area contributed by atoms with Crippen LogP contribution in [0.2, 0.25) is 0 Å². The summed E-state index contributed by atoms with van der Waals surface area (Å²) < 4.78 is 7.84. The molecule has 0 aromatic carbocycles. The molecular weight excluding hydrogens is 226 g/mol. The van der Waals surface area contributed by atoms with Crippen molar-refractivity contribution in [1.82, 2.24) is 15.1 Å². The topological polar surface area (TPSA) is 39.1 Å². The first-order chi connectivity index (χ1) is 8.76. The minimum absolute atomic E-state index is 0.235. The van der Waals surface area contributed by atoms with Gasteiger partial charge in [-0.2, -0.15) is 5.10 Å². The lowest BCUT2D eigenvalue weighted by Gasteiger charge is -2.26. The molecule has 0 aliphatic heterocycles. The van der Waals surface area contributed by atoms with Crippen LogP contribution in [-0.4, -0.2) is 29.0 Å². The van der Waals surface area contributed by atoms with Crippen molar-refractivity contribution in [2.45, 2.75) is 45.3 Å². The van der Waals surface area contributed by atoms with Gasteiger partial charge in [0.25, 0.3) is 0 Å². The number of ether oxygens (including phenoxy) is 1. The van der Waals surface area contributed by atoms with Crippen LogP contribution in [0, 0.1) is 5.92 Å². The highest BCUT2D eigenvalue weighted by Gasteiger charge is 2.38. The van der Waals surface area contributed by atoms with E-state index in [1.165, 1.54) is 12.8 Å². The first-order valence-corrected chi connectivity index (χ1v) is 7.10. The van der Waals surface area contributed by atoms with E-state index in [2.05, 4.69) is 30.3 Å². The molecule has 4 nitrogen and oxygen atoms in total. The Labute approximate surface area is 110 Å². The molecule has 1 aliphatic rings. The van der Waals surface area contributed by atoms with Gasteiger partial charge in [0.2, 0.25) is 0 Å². The minimum atomic E-state index is 0.235. The van der Waals surface area contributed by atoms with E-state index >= 15 is 0 Å². The van der Waals surface area contributed by atoms with Crippen LogP contribution in [-0.2, 0) is 11.8 Å². The molecule has 18 heavy (non-hydrogen) atoms. The lowest BCUT2D eigenvalue weighted by atomic mass is 10.0. The molecule has 1 N–H and O–H groups in total. The molecule has 1 aromatic heterocycles. The van der Waals surface area contributed by atoms with E-state index in [9.17, 15) is 0 Å². The van der Waals surface area contributed by atoms with Gasteiger partial charge >= 0.3 is 0 Å². The maximum Gasteiger partial charge on any atom is 0.0820 e. The third kappa shape index (κ3) is 3.33. The zero-order chi connectivity index (χ0) is 13.0. The molecule has 0 amide bonds. The van der Waals surface area contributed by atoms with Gasteiger partial charge < -0.3 is 10.1 Å². The smallest absolute Gasteiger partial charge is 0.0820 e. The molecule has 1 fully saturated rings. The van der Waals surface area contributed by atoms with Crippen molar-refractivity contribution < 1.29 is 4.74 Å². The second-order valence-electron chi connectivity index (χ2n) is 5.10. The van der Waals surface area contributed by atoms with Crippen molar-refractivity contribution in [3.8, 4) is 0 Å². The monoisotopic (exact) mass is 251 g/mol. The molecule has 1 saturated carbocycles. The number of aromatic nitrogens is 2. The highest BCUT2D eigenvalue weighted by Crippen LogP contribution is 2.39. The predicted molar refractivity (Wildman–Crippen MR) is 72.4 cm³/mol. The average Bonchev–Trinajstić information content (AvgIpc) is 3.11. The Hall–Kier alpha value is -0.870. The van der Waals surface area contributed by atoms with E-state index in [-0.39, 0.29) is 12.1 Å². The van der Waals surface area contributed by atoms with E-state index < -0.39 is 0 Å². The second kappa shape index (κ2) is 6.34. The fourth-order valence-electron chi connectivity index (χ4n) is 2.41. The molecule has 0 spiro atoms. The van der Waals surface area contributed by atoms with E-state index in [1.54, 1.807) is 0 Å². The summed E-state index contributed by atoms with van der Waals surface area (Å²) in [6, 6.07) is 2.33. The Morgan fingerprint density at radius 1 is 1.50 bits per heavy atom. The first-order valence-electron chi connectivity index (χ1n) is 7.10.